The van der Waals surface area contributed by atoms with Gasteiger partial charge in [-0.1, -0.05) is 17.7 Å². The molecule has 0 atom stereocenters. The van der Waals surface area contributed by atoms with Crippen LogP contribution in [0, 0.1) is 11.3 Å². The molecule has 2 heterocycles. The minimum atomic E-state index is 0.600. The van der Waals surface area contributed by atoms with E-state index in [0.717, 1.165) is 37.6 Å². The molecule has 1 aliphatic heterocycles. The predicted octanol–water partition coefficient (Wildman–Crippen LogP) is 2.42. The highest BCUT2D eigenvalue weighted by atomic mass is 35.5. The van der Waals surface area contributed by atoms with Crippen LogP contribution in [0.25, 0.3) is 0 Å². The summed E-state index contributed by atoms with van der Waals surface area (Å²) in [5, 5.41) is 9.49. The lowest BCUT2D eigenvalue weighted by Gasteiger charge is -2.27. The number of hydrogen-bond acceptors (Lipinski definition) is 3. The van der Waals surface area contributed by atoms with Crippen LogP contribution in [0.5, 0.6) is 0 Å². The van der Waals surface area contributed by atoms with Crippen molar-refractivity contribution in [3.8, 4) is 6.07 Å². The van der Waals surface area contributed by atoms with Crippen molar-refractivity contribution in [2.45, 2.75) is 19.6 Å². The molecule has 0 saturated carbocycles. The maximum absolute atomic E-state index is 8.83. The molecule has 19 heavy (non-hydrogen) atoms. The molecule has 96 valence electrons. The standard InChI is InChI=1S/C14H13ClN4/c15-13-7-11(8-16)1-2-12(13)9-18-5-6-19-4-3-17-14(19)10-18/h1-4,7H,5-6,9-10H2. The van der Waals surface area contributed by atoms with Gasteiger partial charge in [0.05, 0.1) is 18.2 Å². The zero-order valence-corrected chi connectivity index (χ0v) is 11.1. The van der Waals surface area contributed by atoms with Gasteiger partial charge in [0.15, 0.2) is 0 Å². The Labute approximate surface area is 116 Å². The molecule has 4 nitrogen and oxygen atoms in total. The Morgan fingerprint density at radius 2 is 2.26 bits per heavy atom. The van der Waals surface area contributed by atoms with Gasteiger partial charge in [-0.2, -0.15) is 5.26 Å². The summed E-state index contributed by atoms with van der Waals surface area (Å²) in [6, 6.07) is 7.56. The third kappa shape index (κ3) is 2.48. The van der Waals surface area contributed by atoms with Gasteiger partial charge in [-0.25, -0.2) is 4.98 Å². The van der Waals surface area contributed by atoms with Crippen molar-refractivity contribution >= 4 is 11.6 Å². The van der Waals surface area contributed by atoms with Gasteiger partial charge in [0.25, 0.3) is 0 Å². The maximum atomic E-state index is 8.83. The van der Waals surface area contributed by atoms with Crippen LogP contribution >= 0.6 is 11.6 Å². The number of imidazole rings is 1. The Balaban J connectivity index is 1.75. The third-order valence-electron chi connectivity index (χ3n) is 3.40. The topological polar surface area (TPSA) is 44.9 Å². The molecule has 0 radical (unpaired) electrons. The minimum absolute atomic E-state index is 0.600. The molecule has 0 N–H and O–H groups in total. The first-order chi connectivity index (χ1) is 9.26. The van der Waals surface area contributed by atoms with Crippen LogP contribution in [0.2, 0.25) is 5.02 Å². The zero-order chi connectivity index (χ0) is 13.2. The van der Waals surface area contributed by atoms with Gasteiger partial charge >= 0.3 is 0 Å². The lowest BCUT2D eigenvalue weighted by atomic mass is 10.1. The fourth-order valence-electron chi connectivity index (χ4n) is 2.34. The second-order valence-electron chi connectivity index (χ2n) is 4.67. The van der Waals surface area contributed by atoms with E-state index < -0.39 is 0 Å². The molecule has 0 spiro atoms. The lowest BCUT2D eigenvalue weighted by Crippen LogP contribution is -2.33. The average Bonchev–Trinajstić information content (AvgIpc) is 2.88. The molecular weight excluding hydrogens is 260 g/mol. The quantitative estimate of drug-likeness (QED) is 0.843. The van der Waals surface area contributed by atoms with Gasteiger partial charge in [-0.15, -0.1) is 0 Å². The monoisotopic (exact) mass is 272 g/mol. The average molecular weight is 273 g/mol. The number of rotatable bonds is 2. The Bertz CT molecular complexity index is 641. The minimum Gasteiger partial charge on any atom is -0.333 e. The molecule has 0 amide bonds. The van der Waals surface area contributed by atoms with Crippen LogP contribution in [0.3, 0.4) is 0 Å². The summed E-state index contributed by atoms with van der Waals surface area (Å²) >= 11 is 6.21. The van der Waals surface area contributed by atoms with Gasteiger partial charge in [0.2, 0.25) is 0 Å². The van der Waals surface area contributed by atoms with Crippen molar-refractivity contribution in [1.82, 2.24) is 14.5 Å². The summed E-state index contributed by atoms with van der Waals surface area (Å²) in [7, 11) is 0. The SMILES string of the molecule is N#Cc1ccc(CN2CCn3ccnc3C2)c(Cl)c1. The summed E-state index contributed by atoms with van der Waals surface area (Å²) in [4.78, 5) is 6.66. The van der Waals surface area contributed by atoms with E-state index in [9.17, 15) is 0 Å². The number of fused-ring (bicyclic) bond motifs is 1. The van der Waals surface area contributed by atoms with Crippen molar-refractivity contribution in [3.63, 3.8) is 0 Å². The molecule has 0 saturated heterocycles. The molecule has 1 aromatic carbocycles. The van der Waals surface area contributed by atoms with Crippen molar-refractivity contribution in [3.05, 3.63) is 52.6 Å². The molecule has 0 aliphatic carbocycles. The molecule has 0 fully saturated rings. The maximum Gasteiger partial charge on any atom is 0.122 e. The Morgan fingerprint density at radius 3 is 3.05 bits per heavy atom. The number of hydrogen-bond donors (Lipinski definition) is 0. The molecular formula is C14H13ClN4. The highest BCUT2D eigenvalue weighted by Crippen LogP contribution is 2.21. The first kappa shape index (κ1) is 12.2. The van der Waals surface area contributed by atoms with Crippen LogP contribution in [0.15, 0.2) is 30.6 Å². The van der Waals surface area contributed by atoms with Crippen molar-refractivity contribution in [2.75, 3.05) is 6.54 Å². The van der Waals surface area contributed by atoms with Crippen molar-refractivity contribution < 1.29 is 0 Å². The van der Waals surface area contributed by atoms with E-state index in [1.165, 1.54) is 0 Å². The fraction of sp³-hybridized carbons (Fsp3) is 0.286. The lowest BCUT2D eigenvalue weighted by molar-refractivity contribution is 0.209. The smallest absolute Gasteiger partial charge is 0.122 e. The number of aromatic nitrogens is 2. The largest absolute Gasteiger partial charge is 0.333 e. The van der Waals surface area contributed by atoms with Crippen molar-refractivity contribution in [2.24, 2.45) is 0 Å². The van der Waals surface area contributed by atoms with Crippen LogP contribution in [-0.4, -0.2) is 21.0 Å². The summed E-state index contributed by atoms with van der Waals surface area (Å²) in [6.45, 7) is 3.57. The van der Waals surface area contributed by atoms with E-state index in [4.69, 9.17) is 16.9 Å². The van der Waals surface area contributed by atoms with Crippen LogP contribution in [-0.2, 0) is 19.6 Å². The van der Waals surface area contributed by atoms with Crippen molar-refractivity contribution in [1.29, 1.82) is 5.26 Å². The fourth-order valence-corrected chi connectivity index (χ4v) is 2.58. The zero-order valence-electron chi connectivity index (χ0n) is 10.4. The summed E-state index contributed by atoms with van der Waals surface area (Å²) in [5.41, 5.74) is 1.66. The number of benzene rings is 1. The molecule has 5 heteroatoms. The van der Waals surface area contributed by atoms with E-state index in [-0.39, 0.29) is 0 Å². The predicted molar refractivity (Wildman–Crippen MR) is 72.5 cm³/mol. The number of halogens is 1. The second kappa shape index (κ2) is 5.04. The Morgan fingerprint density at radius 1 is 1.37 bits per heavy atom. The van der Waals surface area contributed by atoms with E-state index in [2.05, 4.69) is 20.5 Å². The van der Waals surface area contributed by atoms with Gasteiger partial charge in [0, 0.05) is 37.1 Å². The van der Waals surface area contributed by atoms with Gasteiger partial charge in [-0.05, 0) is 17.7 Å². The molecule has 1 aromatic heterocycles. The highest BCUT2D eigenvalue weighted by molar-refractivity contribution is 6.31. The summed E-state index contributed by atoms with van der Waals surface area (Å²) in [5.74, 6) is 1.09. The number of nitriles is 1. The normalized spacial score (nSPS) is 14.9. The summed E-state index contributed by atoms with van der Waals surface area (Å²) < 4.78 is 2.18. The first-order valence-electron chi connectivity index (χ1n) is 6.17. The highest BCUT2D eigenvalue weighted by Gasteiger charge is 2.17. The van der Waals surface area contributed by atoms with Crippen LogP contribution in [0.1, 0.15) is 17.0 Å². The molecule has 0 bridgehead atoms. The van der Waals surface area contributed by atoms with E-state index in [0.29, 0.717) is 10.6 Å². The third-order valence-corrected chi connectivity index (χ3v) is 3.75. The van der Waals surface area contributed by atoms with Gasteiger partial charge in [0.1, 0.15) is 5.82 Å². The molecule has 1 aliphatic rings. The van der Waals surface area contributed by atoms with Crippen LogP contribution < -0.4 is 0 Å². The first-order valence-corrected chi connectivity index (χ1v) is 6.55. The molecule has 0 unspecified atom stereocenters. The second-order valence-corrected chi connectivity index (χ2v) is 5.07. The number of nitrogens with zero attached hydrogens (tertiary/aromatic N) is 4. The Kier molecular flexibility index (Phi) is 3.24. The Hall–Kier alpha value is -1.83. The molecule has 3 rings (SSSR count). The van der Waals surface area contributed by atoms with Gasteiger partial charge in [-0.3, -0.25) is 4.90 Å². The van der Waals surface area contributed by atoms with Gasteiger partial charge < -0.3 is 4.57 Å². The van der Waals surface area contributed by atoms with E-state index in [1.54, 1.807) is 6.07 Å². The van der Waals surface area contributed by atoms with Crippen LogP contribution in [0.4, 0.5) is 0 Å². The van der Waals surface area contributed by atoms with E-state index in [1.807, 2.05) is 24.5 Å². The van der Waals surface area contributed by atoms with E-state index >= 15 is 0 Å². The molecule has 2 aromatic rings. The summed E-state index contributed by atoms with van der Waals surface area (Å²) in [6.07, 6.45) is 3.86.